The average molecular weight is 206 g/mol. The van der Waals surface area contributed by atoms with Crippen molar-refractivity contribution in [2.45, 2.75) is 58.7 Å². The number of fused-ring (bicyclic) bond motifs is 1. The van der Waals surface area contributed by atoms with Crippen molar-refractivity contribution in [3.63, 3.8) is 0 Å². The van der Waals surface area contributed by atoms with E-state index < -0.39 is 0 Å². The molecule has 0 aromatic carbocycles. The van der Waals surface area contributed by atoms with Gasteiger partial charge in [0.15, 0.2) is 0 Å². The molecule has 0 saturated carbocycles. The monoisotopic (exact) mass is 206 g/mol. The summed E-state index contributed by atoms with van der Waals surface area (Å²) in [5.41, 5.74) is 2.94. The minimum Gasteiger partial charge on any atom is -0.365 e. The van der Waals surface area contributed by atoms with Gasteiger partial charge in [-0.15, -0.1) is 0 Å². The van der Waals surface area contributed by atoms with Crippen LogP contribution in [0.2, 0.25) is 0 Å². The van der Waals surface area contributed by atoms with E-state index >= 15 is 0 Å². The number of nitrogens with zero attached hydrogens (tertiary/aromatic N) is 1. The Balaban J connectivity index is 2.33. The van der Waals surface area contributed by atoms with Gasteiger partial charge in [0, 0.05) is 36.4 Å². The highest BCUT2D eigenvalue weighted by atomic mass is 15.2. The maximum absolute atomic E-state index is 3.39. The molecule has 2 atom stereocenters. The van der Waals surface area contributed by atoms with E-state index in [0.717, 1.165) is 0 Å². The molecule has 2 nitrogen and oxygen atoms in total. The van der Waals surface area contributed by atoms with Gasteiger partial charge in [0.25, 0.3) is 0 Å². The summed E-state index contributed by atoms with van der Waals surface area (Å²) < 4.78 is 0. The van der Waals surface area contributed by atoms with Crippen molar-refractivity contribution in [2.75, 3.05) is 0 Å². The van der Waals surface area contributed by atoms with Gasteiger partial charge in [-0.3, -0.25) is 4.90 Å². The van der Waals surface area contributed by atoms with Crippen molar-refractivity contribution in [1.29, 1.82) is 0 Å². The summed E-state index contributed by atoms with van der Waals surface area (Å²) in [5, 5.41) is 0. The van der Waals surface area contributed by atoms with Crippen LogP contribution in [-0.4, -0.2) is 22.0 Å². The maximum Gasteiger partial charge on any atom is 0.0343 e. The molecule has 1 aromatic rings. The van der Waals surface area contributed by atoms with Crippen LogP contribution < -0.4 is 0 Å². The van der Waals surface area contributed by atoms with E-state index in [1.54, 1.807) is 0 Å². The second-order valence-electron chi connectivity index (χ2n) is 4.89. The molecule has 1 aliphatic rings. The average Bonchev–Trinajstić information content (AvgIpc) is 2.64. The molecule has 0 saturated heterocycles. The molecule has 2 heterocycles. The van der Waals surface area contributed by atoms with Gasteiger partial charge in [0.2, 0.25) is 0 Å². The molecule has 2 unspecified atom stereocenters. The standard InChI is InChI=1S/C13H22N2/c1-5-11-8-13-12(6-7-14-13)10(4)15(11)9(2)3/h6-7,9-11,14H,5,8H2,1-4H3. The van der Waals surface area contributed by atoms with Crippen LogP contribution in [0, 0.1) is 0 Å². The Morgan fingerprint density at radius 2 is 2.27 bits per heavy atom. The Hall–Kier alpha value is -0.760. The fourth-order valence-electron chi connectivity index (χ4n) is 3.03. The topological polar surface area (TPSA) is 19.0 Å². The zero-order chi connectivity index (χ0) is 11.0. The first-order valence-electron chi connectivity index (χ1n) is 6.08. The van der Waals surface area contributed by atoms with Gasteiger partial charge in [-0.1, -0.05) is 6.92 Å². The smallest absolute Gasteiger partial charge is 0.0343 e. The number of aromatic nitrogens is 1. The van der Waals surface area contributed by atoms with E-state index in [1.807, 2.05) is 0 Å². The molecule has 1 aromatic heterocycles. The fourth-order valence-corrected chi connectivity index (χ4v) is 3.03. The molecule has 1 aliphatic heterocycles. The normalized spacial score (nSPS) is 27.0. The summed E-state index contributed by atoms with van der Waals surface area (Å²) >= 11 is 0. The summed E-state index contributed by atoms with van der Waals surface area (Å²) in [4.78, 5) is 6.03. The third-order valence-electron chi connectivity index (χ3n) is 3.70. The van der Waals surface area contributed by atoms with E-state index in [9.17, 15) is 0 Å². The number of nitrogens with one attached hydrogen (secondary N) is 1. The maximum atomic E-state index is 3.39. The van der Waals surface area contributed by atoms with Crippen molar-refractivity contribution < 1.29 is 0 Å². The molecule has 84 valence electrons. The highest BCUT2D eigenvalue weighted by Crippen LogP contribution is 2.34. The van der Waals surface area contributed by atoms with Crippen LogP contribution in [-0.2, 0) is 6.42 Å². The first-order valence-corrected chi connectivity index (χ1v) is 6.08. The van der Waals surface area contributed by atoms with E-state index in [4.69, 9.17) is 0 Å². The lowest BCUT2D eigenvalue weighted by Gasteiger charge is -2.43. The highest BCUT2D eigenvalue weighted by molar-refractivity contribution is 5.28. The van der Waals surface area contributed by atoms with E-state index in [-0.39, 0.29) is 0 Å². The summed E-state index contributed by atoms with van der Waals surface area (Å²) in [7, 11) is 0. The van der Waals surface area contributed by atoms with Gasteiger partial charge in [-0.25, -0.2) is 0 Å². The Morgan fingerprint density at radius 3 is 2.87 bits per heavy atom. The quantitative estimate of drug-likeness (QED) is 0.787. The minimum absolute atomic E-state index is 0.560. The van der Waals surface area contributed by atoms with Gasteiger partial charge >= 0.3 is 0 Å². The lowest BCUT2D eigenvalue weighted by Crippen LogP contribution is -2.46. The Labute approximate surface area is 92.7 Å². The number of hydrogen-bond acceptors (Lipinski definition) is 1. The summed E-state index contributed by atoms with van der Waals surface area (Å²) in [5.74, 6) is 0. The molecule has 0 bridgehead atoms. The molecular formula is C13H22N2. The van der Waals surface area contributed by atoms with Gasteiger partial charge in [0.05, 0.1) is 0 Å². The zero-order valence-corrected chi connectivity index (χ0v) is 10.2. The zero-order valence-electron chi connectivity index (χ0n) is 10.2. The van der Waals surface area contributed by atoms with Gasteiger partial charge in [0.1, 0.15) is 0 Å². The third-order valence-corrected chi connectivity index (χ3v) is 3.70. The SMILES string of the molecule is CCC1Cc2[nH]ccc2C(C)N1C(C)C. The minimum atomic E-state index is 0.560. The number of hydrogen-bond donors (Lipinski definition) is 1. The van der Waals surface area contributed by atoms with Gasteiger partial charge in [-0.05, 0) is 38.8 Å². The molecule has 15 heavy (non-hydrogen) atoms. The van der Waals surface area contributed by atoms with E-state index in [1.165, 1.54) is 24.1 Å². The van der Waals surface area contributed by atoms with Crippen LogP contribution in [0.4, 0.5) is 0 Å². The van der Waals surface area contributed by atoms with Crippen LogP contribution >= 0.6 is 0 Å². The summed E-state index contributed by atoms with van der Waals surface area (Å²) in [6.07, 6.45) is 4.50. The van der Waals surface area contributed by atoms with Crippen LogP contribution in [0.15, 0.2) is 12.3 Å². The van der Waals surface area contributed by atoms with E-state index in [0.29, 0.717) is 18.1 Å². The van der Waals surface area contributed by atoms with E-state index in [2.05, 4.69) is 49.8 Å². The molecule has 1 N–H and O–H groups in total. The van der Waals surface area contributed by atoms with Crippen LogP contribution in [0.5, 0.6) is 0 Å². The molecule has 0 fully saturated rings. The lowest BCUT2D eigenvalue weighted by molar-refractivity contribution is 0.0863. The number of aromatic amines is 1. The van der Waals surface area contributed by atoms with Crippen molar-refractivity contribution >= 4 is 0 Å². The first-order chi connectivity index (χ1) is 7.15. The molecule has 2 rings (SSSR count). The predicted molar refractivity (Wildman–Crippen MR) is 64.0 cm³/mol. The van der Waals surface area contributed by atoms with Crippen molar-refractivity contribution in [3.8, 4) is 0 Å². The van der Waals surface area contributed by atoms with Gasteiger partial charge < -0.3 is 4.98 Å². The van der Waals surface area contributed by atoms with Crippen LogP contribution in [0.3, 0.4) is 0 Å². The van der Waals surface area contributed by atoms with Crippen LogP contribution in [0.25, 0.3) is 0 Å². The molecule has 0 radical (unpaired) electrons. The molecule has 0 aliphatic carbocycles. The second-order valence-corrected chi connectivity index (χ2v) is 4.89. The second kappa shape index (κ2) is 4.01. The molecule has 0 spiro atoms. The molecule has 0 amide bonds. The lowest BCUT2D eigenvalue weighted by atomic mass is 9.91. The highest BCUT2D eigenvalue weighted by Gasteiger charge is 2.32. The summed E-state index contributed by atoms with van der Waals surface area (Å²) in [6, 6.07) is 4.13. The predicted octanol–water partition coefficient (Wildman–Crippen LogP) is 3.12. The Bertz CT molecular complexity index is 327. The largest absolute Gasteiger partial charge is 0.365 e. The van der Waals surface area contributed by atoms with Crippen LogP contribution in [0.1, 0.15) is 51.4 Å². The third kappa shape index (κ3) is 1.71. The molecule has 2 heteroatoms. The number of H-pyrrole nitrogens is 1. The number of rotatable bonds is 2. The fraction of sp³-hybridized carbons (Fsp3) is 0.692. The Kier molecular flexibility index (Phi) is 2.87. The first kappa shape index (κ1) is 10.7. The molecular weight excluding hydrogens is 184 g/mol. The van der Waals surface area contributed by atoms with Gasteiger partial charge in [-0.2, -0.15) is 0 Å². The van der Waals surface area contributed by atoms with Crippen molar-refractivity contribution in [3.05, 3.63) is 23.5 Å². The Morgan fingerprint density at radius 1 is 1.53 bits per heavy atom. The summed E-state index contributed by atoms with van der Waals surface area (Å²) in [6.45, 7) is 9.23. The van der Waals surface area contributed by atoms with Crippen molar-refractivity contribution in [1.82, 2.24) is 9.88 Å². The van der Waals surface area contributed by atoms with Crippen molar-refractivity contribution in [2.24, 2.45) is 0 Å².